The molecule has 0 atom stereocenters. The van der Waals surface area contributed by atoms with Crippen LogP contribution in [0.2, 0.25) is 0 Å². The molecule has 0 spiro atoms. The predicted molar refractivity (Wildman–Crippen MR) is 82.2 cm³/mol. The maximum Gasteiger partial charge on any atom is 0.272 e. The maximum absolute atomic E-state index is 12.3. The Balaban J connectivity index is 1.67. The van der Waals surface area contributed by atoms with Crippen molar-refractivity contribution >= 4 is 11.8 Å². The molecule has 0 radical (unpaired) electrons. The minimum atomic E-state index is -0.0875. The van der Waals surface area contributed by atoms with Crippen molar-refractivity contribution in [3.63, 3.8) is 0 Å². The van der Waals surface area contributed by atoms with Crippen LogP contribution in [-0.2, 0) is 17.9 Å². The van der Waals surface area contributed by atoms with Gasteiger partial charge in [-0.3, -0.25) is 14.3 Å². The SMILES string of the molecule is CC(C)C(=O)N1CCn2nc(C(=O)NC3CCCC3)cc2C1. The highest BCUT2D eigenvalue weighted by Gasteiger charge is 2.26. The van der Waals surface area contributed by atoms with E-state index in [0.717, 1.165) is 18.5 Å². The van der Waals surface area contributed by atoms with Gasteiger partial charge < -0.3 is 10.2 Å². The highest BCUT2D eigenvalue weighted by molar-refractivity contribution is 5.92. The quantitative estimate of drug-likeness (QED) is 0.921. The number of aromatic nitrogens is 2. The first-order valence-corrected chi connectivity index (χ1v) is 8.21. The molecule has 0 saturated heterocycles. The van der Waals surface area contributed by atoms with E-state index in [1.54, 1.807) is 0 Å². The third kappa shape index (κ3) is 3.00. The first kappa shape index (κ1) is 15.1. The number of hydrogen-bond acceptors (Lipinski definition) is 3. The van der Waals surface area contributed by atoms with E-state index in [2.05, 4.69) is 10.4 Å². The number of nitrogens with zero attached hydrogens (tertiary/aromatic N) is 3. The lowest BCUT2D eigenvalue weighted by Gasteiger charge is -2.29. The number of fused-ring (bicyclic) bond motifs is 1. The van der Waals surface area contributed by atoms with Crippen LogP contribution in [0.4, 0.5) is 0 Å². The maximum atomic E-state index is 12.3. The minimum absolute atomic E-state index is 0.000364. The van der Waals surface area contributed by atoms with E-state index in [4.69, 9.17) is 0 Å². The smallest absolute Gasteiger partial charge is 0.272 e. The average Bonchev–Trinajstić information content (AvgIpc) is 3.14. The van der Waals surface area contributed by atoms with Crippen LogP contribution in [0.1, 0.15) is 55.7 Å². The number of amides is 2. The van der Waals surface area contributed by atoms with Gasteiger partial charge in [-0.1, -0.05) is 26.7 Å². The molecule has 2 amide bonds. The van der Waals surface area contributed by atoms with Crippen LogP contribution in [-0.4, -0.2) is 39.1 Å². The molecule has 1 aliphatic heterocycles. The summed E-state index contributed by atoms with van der Waals surface area (Å²) in [6.07, 6.45) is 4.51. The Morgan fingerprint density at radius 3 is 2.68 bits per heavy atom. The summed E-state index contributed by atoms with van der Waals surface area (Å²) in [4.78, 5) is 26.2. The van der Waals surface area contributed by atoms with Gasteiger partial charge in [-0.15, -0.1) is 0 Å². The van der Waals surface area contributed by atoms with Crippen LogP contribution in [0.25, 0.3) is 0 Å². The van der Waals surface area contributed by atoms with Gasteiger partial charge in [0.15, 0.2) is 5.69 Å². The molecule has 0 unspecified atom stereocenters. The van der Waals surface area contributed by atoms with Crippen LogP contribution >= 0.6 is 0 Å². The van der Waals surface area contributed by atoms with Crippen molar-refractivity contribution in [3.8, 4) is 0 Å². The molecule has 1 aromatic rings. The van der Waals surface area contributed by atoms with Crippen molar-refractivity contribution < 1.29 is 9.59 Å². The second-order valence-corrected chi connectivity index (χ2v) is 6.61. The zero-order valence-electron chi connectivity index (χ0n) is 13.3. The van der Waals surface area contributed by atoms with Crippen LogP contribution in [0.5, 0.6) is 0 Å². The van der Waals surface area contributed by atoms with Crippen molar-refractivity contribution in [3.05, 3.63) is 17.5 Å². The number of carbonyl (C=O) groups excluding carboxylic acids is 2. The van der Waals surface area contributed by atoms with Crippen LogP contribution in [0, 0.1) is 5.92 Å². The summed E-state index contributed by atoms with van der Waals surface area (Å²) in [6, 6.07) is 2.12. The van der Waals surface area contributed by atoms with Crippen LogP contribution < -0.4 is 5.32 Å². The first-order valence-electron chi connectivity index (χ1n) is 8.21. The Hall–Kier alpha value is -1.85. The Morgan fingerprint density at radius 2 is 2.00 bits per heavy atom. The van der Waals surface area contributed by atoms with Gasteiger partial charge in [0.2, 0.25) is 5.91 Å². The van der Waals surface area contributed by atoms with Gasteiger partial charge in [0.25, 0.3) is 5.91 Å². The molecule has 1 saturated carbocycles. The largest absolute Gasteiger partial charge is 0.348 e. The van der Waals surface area contributed by atoms with Crippen molar-refractivity contribution in [2.24, 2.45) is 5.92 Å². The highest BCUT2D eigenvalue weighted by Crippen LogP contribution is 2.19. The molecule has 2 heterocycles. The fourth-order valence-corrected chi connectivity index (χ4v) is 3.26. The highest BCUT2D eigenvalue weighted by atomic mass is 16.2. The zero-order chi connectivity index (χ0) is 15.7. The molecule has 0 bridgehead atoms. The molecule has 120 valence electrons. The molecular weight excluding hydrogens is 280 g/mol. The Kier molecular flexibility index (Phi) is 4.18. The summed E-state index contributed by atoms with van der Waals surface area (Å²) in [5, 5.41) is 7.46. The molecule has 0 aromatic carbocycles. The molecule has 22 heavy (non-hydrogen) atoms. The van der Waals surface area contributed by atoms with Gasteiger partial charge in [-0.05, 0) is 18.9 Å². The molecule has 1 aliphatic carbocycles. The van der Waals surface area contributed by atoms with E-state index in [1.165, 1.54) is 12.8 Å². The molecule has 6 nitrogen and oxygen atoms in total. The standard InChI is InChI=1S/C16H24N4O2/c1-11(2)16(22)19-7-8-20-13(10-19)9-14(18-20)15(21)17-12-5-3-4-6-12/h9,11-12H,3-8,10H2,1-2H3,(H,17,21). The fourth-order valence-electron chi connectivity index (χ4n) is 3.26. The predicted octanol–water partition coefficient (Wildman–Crippen LogP) is 1.55. The summed E-state index contributed by atoms with van der Waals surface area (Å²) < 4.78 is 1.85. The number of nitrogens with one attached hydrogen (secondary N) is 1. The number of rotatable bonds is 3. The average molecular weight is 304 g/mol. The molecule has 3 rings (SSSR count). The minimum Gasteiger partial charge on any atom is -0.348 e. The van der Waals surface area contributed by atoms with Gasteiger partial charge in [-0.25, -0.2) is 0 Å². The fraction of sp³-hybridized carbons (Fsp3) is 0.688. The third-order valence-electron chi connectivity index (χ3n) is 4.53. The number of hydrogen-bond donors (Lipinski definition) is 1. The van der Waals surface area contributed by atoms with Crippen molar-refractivity contribution in [1.29, 1.82) is 0 Å². The molecule has 1 N–H and O–H groups in total. The molecule has 2 aliphatic rings. The summed E-state index contributed by atoms with van der Waals surface area (Å²) in [5.74, 6) is 0.0690. The summed E-state index contributed by atoms with van der Waals surface area (Å²) in [7, 11) is 0. The Bertz CT molecular complexity index is 573. The van der Waals surface area contributed by atoms with Gasteiger partial charge in [0.05, 0.1) is 18.8 Å². The van der Waals surface area contributed by atoms with Crippen molar-refractivity contribution in [2.75, 3.05) is 6.54 Å². The Labute approximate surface area is 130 Å². The summed E-state index contributed by atoms with van der Waals surface area (Å²) in [6.45, 7) is 5.68. The van der Waals surface area contributed by atoms with Crippen LogP contribution in [0.15, 0.2) is 6.07 Å². The van der Waals surface area contributed by atoms with E-state index in [-0.39, 0.29) is 17.7 Å². The lowest BCUT2D eigenvalue weighted by Crippen LogP contribution is -2.40. The van der Waals surface area contributed by atoms with E-state index in [9.17, 15) is 9.59 Å². The van der Waals surface area contributed by atoms with Gasteiger partial charge in [-0.2, -0.15) is 5.10 Å². The van der Waals surface area contributed by atoms with Crippen molar-refractivity contribution in [2.45, 2.75) is 58.7 Å². The monoisotopic (exact) mass is 304 g/mol. The summed E-state index contributed by atoms with van der Waals surface area (Å²) >= 11 is 0. The Morgan fingerprint density at radius 1 is 1.27 bits per heavy atom. The third-order valence-corrected chi connectivity index (χ3v) is 4.53. The molecule has 1 aromatic heterocycles. The lowest BCUT2D eigenvalue weighted by molar-refractivity contribution is -0.136. The molecule has 1 fully saturated rings. The second kappa shape index (κ2) is 6.10. The van der Waals surface area contributed by atoms with E-state index < -0.39 is 0 Å². The normalized spacial score (nSPS) is 18.6. The first-order chi connectivity index (χ1) is 10.5. The lowest BCUT2D eigenvalue weighted by atomic mass is 10.1. The van der Waals surface area contributed by atoms with Gasteiger partial charge >= 0.3 is 0 Å². The van der Waals surface area contributed by atoms with E-state index in [1.807, 2.05) is 29.5 Å². The van der Waals surface area contributed by atoms with Gasteiger partial charge in [0.1, 0.15) is 0 Å². The number of carbonyl (C=O) groups is 2. The molecular formula is C16H24N4O2. The second-order valence-electron chi connectivity index (χ2n) is 6.61. The van der Waals surface area contributed by atoms with Crippen molar-refractivity contribution in [1.82, 2.24) is 20.0 Å². The van der Waals surface area contributed by atoms with E-state index >= 15 is 0 Å². The summed E-state index contributed by atoms with van der Waals surface area (Å²) in [5.41, 5.74) is 1.41. The van der Waals surface area contributed by atoms with Crippen LogP contribution in [0.3, 0.4) is 0 Å². The zero-order valence-corrected chi connectivity index (χ0v) is 13.3. The topological polar surface area (TPSA) is 67.2 Å². The molecule has 6 heteroatoms. The van der Waals surface area contributed by atoms with E-state index in [0.29, 0.717) is 31.4 Å². The van der Waals surface area contributed by atoms with Gasteiger partial charge in [0, 0.05) is 18.5 Å².